The van der Waals surface area contributed by atoms with Gasteiger partial charge in [-0.25, -0.2) is 0 Å². The van der Waals surface area contributed by atoms with E-state index in [2.05, 4.69) is 10.1 Å². The molecule has 1 aliphatic heterocycles. The normalized spacial score (nSPS) is 19.1. The van der Waals surface area contributed by atoms with Crippen molar-refractivity contribution in [3.05, 3.63) is 53.6 Å². The quantitative estimate of drug-likeness (QED) is 0.735. The topological polar surface area (TPSA) is 60.0 Å². The highest BCUT2D eigenvalue weighted by Crippen LogP contribution is 2.43. The van der Waals surface area contributed by atoms with Crippen molar-refractivity contribution < 1.29 is 32.2 Å². The Kier molecular flexibility index (Phi) is 6.40. The summed E-state index contributed by atoms with van der Waals surface area (Å²) in [5.74, 6) is 0.784. The Morgan fingerprint density at radius 1 is 1.07 bits per heavy atom. The minimum Gasteiger partial charge on any atom is -0.496 e. The number of rotatable bonds is 7. The number of nitrogens with zero attached hydrogens (tertiary/aromatic N) is 1. The smallest absolute Gasteiger partial charge is 0.496 e. The van der Waals surface area contributed by atoms with Gasteiger partial charge in [-0.2, -0.15) is 0 Å². The van der Waals surface area contributed by atoms with E-state index in [0.717, 1.165) is 5.56 Å². The fourth-order valence-electron chi connectivity index (χ4n) is 3.71. The third kappa shape index (κ3) is 4.62. The molecule has 0 saturated carbocycles. The molecule has 2 aromatic carbocycles. The summed E-state index contributed by atoms with van der Waals surface area (Å²) in [6.45, 7) is 0.217. The molecule has 2 aromatic rings. The average Bonchev–Trinajstić information content (AvgIpc) is 3.02. The van der Waals surface area contributed by atoms with E-state index >= 15 is 0 Å². The van der Waals surface area contributed by atoms with Gasteiger partial charge >= 0.3 is 6.36 Å². The monoisotopic (exact) mass is 424 g/mol. The number of nitrogens with one attached hydrogen (secondary N) is 1. The molecule has 3 rings (SSSR count). The summed E-state index contributed by atoms with van der Waals surface area (Å²) < 4.78 is 52.1. The van der Waals surface area contributed by atoms with Crippen LogP contribution in [0, 0.1) is 0 Å². The lowest BCUT2D eigenvalue weighted by Gasteiger charge is -2.27. The number of hydrogen-bond donors (Lipinski definition) is 1. The molecule has 1 heterocycles. The Hall–Kier alpha value is -2.94. The van der Waals surface area contributed by atoms with Gasteiger partial charge in [-0.3, -0.25) is 4.79 Å². The summed E-state index contributed by atoms with van der Waals surface area (Å²) in [7, 11) is 4.81. The van der Waals surface area contributed by atoms with E-state index in [9.17, 15) is 18.0 Å². The number of alkyl halides is 3. The minimum absolute atomic E-state index is 0.105. The van der Waals surface area contributed by atoms with E-state index in [0.29, 0.717) is 23.5 Å². The minimum atomic E-state index is -4.75. The first-order chi connectivity index (χ1) is 14.3. The van der Waals surface area contributed by atoms with Crippen LogP contribution in [-0.4, -0.2) is 44.5 Å². The number of likely N-dealkylation sites (tertiary alicyclic amines) is 1. The summed E-state index contributed by atoms with van der Waals surface area (Å²) in [6, 6.07) is 10.2. The number of carbonyl (C=O) groups excluding carboxylic acids is 1. The maximum Gasteiger partial charge on any atom is 0.573 e. The third-order valence-corrected chi connectivity index (χ3v) is 5.07. The van der Waals surface area contributed by atoms with Crippen LogP contribution in [-0.2, 0) is 11.3 Å². The molecule has 0 bridgehead atoms. The van der Waals surface area contributed by atoms with Crippen molar-refractivity contribution in [2.45, 2.75) is 31.4 Å². The van der Waals surface area contributed by atoms with Crippen molar-refractivity contribution in [2.24, 2.45) is 0 Å². The molecule has 0 spiro atoms. The number of likely N-dealkylation sites (N-methyl/N-ethyl adjacent to an activating group) is 1. The molecular formula is C21H23F3N2O4. The molecule has 2 atom stereocenters. The van der Waals surface area contributed by atoms with Crippen molar-refractivity contribution in [2.75, 3.05) is 21.3 Å². The van der Waals surface area contributed by atoms with E-state index < -0.39 is 12.4 Å². The Morgan fingerprint density at radius 3 is 2.17 bits per heavy atom. The number of halogens is 3. The maximum atomic E-state index is 13.0. The highest BCUT2D eigenvalue weighted by atomic mass is 19.4. The summed E-state index contributed by atoms with van der Waals surface area (Å²) in [6.07, 6.45) is -4.25. The average molecular weight is 424 g/mol. The summed E-state index contributed by atoms with van der Waals surface area (Å²) in [5, 5.41) is 3.02. The van der Waals surface area contributed by atoms with Crippen LogP contribution in [0.2, 0.25) is 0 Å². The molecule has 1 saturated heterocycles. The summed E-state index contributed by atoms with van der Waals surface area (Å²) in [4.78, 5) is 14.7. The van der Waals surface area contributed by atoms with Gasteiger partial charge in [-0.15, -0.1) is 13.2 Å². The highest BCUT2D eigenvalue weighted by Gasteiger charge is 2.42. The van der Waals surface area contributed by atoms with Crippen LogP contribution in [0.1, 0.15) is 23.6 Å². The number of carbonyl (C=O) groups is 1. The lowest BCUT2D eigenvalue weighted by molar-refractivity contribution is -0.274. The molecular weight excluding hydrogens is 401 g/mol. The van der Waals surface area contributed by atoms with Gasteiger partial charge in [-0.05, 0) is 43.3 Å². The van der Waals surface area contributed by atoms with Crippen molar-refractivity contribution in [3.8, 4) is 17.2 Å². The Morgan fingerprint density at radius 2 is 1.67 bits per heavy atom. The van der Waals surface area contributed by atoms with Gasteiger partial charge in [0.15, 0.2) is 0 Å². The fraction of sp³-hybridized carbons (Fsp3) is 0.381. The van der Waals surface area contributed by atoms with E-state index in [-0.39, 0.29) is 24.2 Å². The second-order valence-electron chi connectivity index (χ2n) is 6.83. The van der Waals surface area contributed by atoms with Crippen molar-refractivity contribution in [1.29, 1.82) is 0 Å². The number of ether oxygens (including phenoxy) is 3. The van der Waals surface area contributed by atoms with Gasteiger partial charge in [0.2, 0.25) is 5.91 Å². The van der Waals surface area contributed by atoms with Crippen LogP contribution in [0.4, 0.5) is 13.2 Å². The summed E-state index contributed by atoms with van der Waals surface area (Å²) >= 11 is 0. The second kappa shape index (κ2) is 8.83. The van der Waals surface area contributed by atoms with Gasteiger partial charge in [-0.1, -0.05) is 18.2 Å². The first kappa shape index (κ1) is 21.8. The molecule has 0 unspecified atom stereocenters. The van der Waals surface area contributed by atoms with Gasteiger partial charge in [0, 0.05) is 6.54 Å². The van der Waals surface area contributed by atoms with Gasteiger partial charge < -0.3 is 24.4 Å². The third-order valence-electron chi connectivity index (χ3n) is 5.07. The highest BCUT2D eigenvalue weighted by molar-refractivity contribution is 5.85. The second-order valence-corrected chi connectivity index (χ2v) is 6.83. The zero-order valence-electron chi connectivity index (χ0n) is 16.8. The number of benzene rings is 2. The lowest BCUT2D eigenvalue weighted by Crippen LogP contribution is -2.36. The number of methoxy groups -OCH3 is 2. The lowest BCUT2D eigenvalue weighted by atomic mass is 10.00. The molecule has 1 N–H and O–H groups in total. The molecule has 9 heteroatoms. The van der Waals surface area contributed by atoms with Crippen LogP contribution < -0.4 is 19.5 Å². The molecule has 1 aliphatic rings. The molecule has 0 aromatic heterocycles. The van der Waals surface area contributed by atoms with Crippen molar-refractivity contribution in [3.63, 3.8) is 0 Å². The molecule has 30 heavy (non-hydrogen) atoms. The molecule has 1 fully saturated rings. The SMILES string of the molecule is CN[C@@H]1C[C@@H](c2c(OC)cccc2OC)N(Cc2ccc(OC(F)(F)F)cc2)C1=O. The van der Waals surface area contributed by atoms with E-state index in [1.165, 1.54) is 24.3 Å². The van der Waals surface area contributed by atoms with Crippen molar-refractivity contribution in [1.82, 2.24) is 10.2 Å². The first-order valence-electron chi connectivity index (χ1n) is 9.30. The molecule has 6 nitrogen and oxygen atoms in total. The molecule has 0 aliphatic carbocycles. The predicted molar refractivity (Wildman–Crippen MR) is 103 cm³/mol. The summed E-state index contributed by atoms with van der Waals surface area (Å²) in [5.41, 5.74) is 1.43. The van der Waals surface area contributed by atoms with Gasteiger partial charge in [0.25, 0.3) is 0 Å². The Labute approximate surface area is 172 Å². The van der Waals surface area contributed by atoms with E-state index in [4.69, 9.17) is 9.47 Å². The largest absolute Gasteiger partial charge is 0.573 e. The van der Waals surface area contributed by atoms with Gasteiger partial charge in [0.1, 0.15) is 17.2 Å². The van der Waals surface area contributed by atoms with Crippen LogP contribution in [0.5, 0.6) is 17.2 Å². The van der Waals surface area contributed by atoms with E-state index in [1.54, 1.807) is 44.4 Å². The van der Waals surface area contributed by atoms with Crippen LogP contribution in [0.15, 0.2) is 42.5 Å². The molecule has 1 amide bonds. The number of amides is 1. The number of hydrogen-bond acceptors (Lipinski definition) is 5. The van der Waals surface area contributed by atoms with E-state index in [1.807, 2.05) is 0 Å². The van der Waals surface area contributed by atoms with Gasteiger partial charge in [0.05, 0.1) is 31.9 Å². The molecule has 0 radical (unpaired) electrons. The zero-order chi connectivity index (χ0) is 21.9. The van der Waals surface area contributed by atoms with Crippen LogP contribution in [0.3, 0.4) is 0 Å². The van der Waals surface area contributed by atoms with Crippen LogP contribution in [0.25, 0.3) is 0 Å². The van der Waals surface area contributed by atoms with Crippen LogP contribution >= 0.6 is 0 Å². The first-order valence-corrected chi connectivity index (χ1v) is 9.30. The Balaban J connectivity index is 1.91. The maximum absolute atomic E-state index is 13.0. The fourth-order valence-corrected chi connectivity index (χ4v) is 3.71. The standard InChI is InChI=1S/C21H23F3N2O4/c1-25-15-11-16(19-17(28-2)5-4-6-18(19)29-3)26(20(15)27)12-13-7-9-14(10-8-13)30-21(22,23)24/h4-10,15-16,25H,11-12H2,1-3H3/t15-,16+/m1/s1. The Bertz CT molecular complexity index is 865. The van der Waals surface area contributed by atoms with Crippen molar-refractivity contribution >= 4 is 5.91 Å². The predicted octanol–water partition coefficient (Wildman–Crippen LogP) is 3.66. The zero-order valence-corrected chi connectivity index (χ0v) is 16.8. The molecule has 162 valence electrons.